The molecule has 2 heterocycles. The van der Waals surface area contributed by atoms with Gasteiger partial charge in [0.1, 0.15) is 0 Å². The van der Waals surface area contributed by atoms with Crippen molar-refractivity contribution in [3.05, 3.63) is 52.8 Å². The number of fused-ring (bicyclic) bond motifs is 1. The zero-order valence-electron chi connectivity index (χ0n) is 12.0. The lowest BCUT2D eigenvalue weighted by Gasteiger charge is -2.12. The first kappa shape index (κ1) is 13.3. The van der Waals surface area contributed by atoms with Crippen molar-refractivity contribution in [1.82, 2.24) is 9.78 Å². The van der Waals surface area contributed by atoms with E-state index >= 15 is 0 Å². The molecular weight excluding hydrogens is 250 g/mol. The molecule has 20 heavy (non-hydrogen) atoms. The average molecular weight is 271 g/mol. The summed E-state index contributed by atoms with van der Waals surface area (Å²) in [5.74, 6) is 0. The molecule has 1 aliphatic heterocycles. The molecule has 4 nitrogen and oxygen atoms in total. The van der Waals surface area contributed by atoms with Crippen molar-refractivity contribution in [3.8, 4) is 0 Å². The molecule has 0 fully saturated rings. The van der Waals surface area contributed by atoms with Gasteiger partial charge in [0.25, 0.3) is 0 Å². The fourth-order valence-electron chi connectivity index (χ4n) is 2.54. The van der Waals surface area contributed by atoms with Gasteiger partial charge in [-0.1, -0.05) is 18.2 Å². The van der Waals surface area contributed by atoms with Gasteiger partial charge >= 0.3 is 0 Å². The Labute approximate surface area is 119 Å². The van der Waals surface area contributed by atoms with Crippen LogP contribution in [0.15, 0.2) is 30.5 Å². The highest BCUT2D eigenvalue weighted by molar-refractivity contribution is 5.34. The van der Waals surface area contributed by atoms with E-state index in [0.717, 1.165) is 24.3 Å². The third-order valence-electron chi connectivity index (χ3n) is 3.80. The van der Waals surface area contributed by atoms with Gasteiger partial charge in [-0.15, -0.1) is 0 Å². The van der Waals surface area contributed by atoms with Gasteiger partial charge in [-0.2, -0.15) is 5.10 Å². The van der Waals surface area contributed by atoms with E-state index in [9.17, 15) is 0 Å². The van der Waals surface area contributed by atoms with Crippen molar-refractivity contribution in [1.29, 1.82) is 0 Å². The SMILES string of the molecule is CC(C)n1ccc(CC(N)c2ccc3c(c2)COC3)n1. The first-order chi connectivity index (χ1) is 9.63. The highest BCUT2D eigenvalue weighted by Gasteiger charge is 2.15. The lowest BCUT2D eigenvalue weighted by Crippen LogP contribution is -2.14. The van der Waals surface area contributed by atoms with Crippen molar-refractivity contribution in [2.24, 2.45) is 5.73 Å². The Bertz CT molecular complexity index is 604. The van der Waals surface area contributed by atoms with Crippen LogP contribution in [0.3, 0.4) is 0 Å². The van der Waals surface area contributed by atoms with E-state index in [1.807, 2.05) is 10.9 Å². The predicted octanol–water partition coefficient (Wildman–Crippen LogP) is 2.74. The molecule has 0 bridgehead atoms. The van der Waals surface area contributed by atoms with Gasteiger partial charge in [0.2, 0.25) is 0 Å². The Morgan fingerprint density at radius 3 is 2.80 bits per heavy atom. The van der Waals surface area contributed by atoms with Crippen molar-refractivity contribution in [2.45, 2.75) is 45.6 Å². The van der Waals surface area contributed by atoms with Gasteiger partial charge in [-0.05, 0) is 36.6 Å². The molecule has 1 aromatic heterocycles. The Kier molecular flexibility index (Phi) is 3.59. The van der Waals surface area contributed by atoms with E-state index in [1.165, 1.54) is 11.1 Å². The van der Waals surface area contributed by atoms with Crippen LogP contribution >= 0.6 is 0 Å². The van der Waals surface area contributed by atoms with Crippen LogP contribution in [-0.2, 0) is 24.4 Å². The van der Waals surface area contributed by atoms with Crippen LogP contribution in [0.25, 0.3) is 0 Å². The molecule has 0 saturated heterocycles. The van der Waals surface area contributed by atoms with Crippen LogP contribution in [-0.4, -0.2) is 9.78 Å². The summed E-state index contributed by atoms with van der Waals surface area (Å²) in [6.07, 6.45) is 2.78. The molecule has 2 N–H and O–H groups in total. The average Bonchev–Trinajstić information content (AvgIpc) is 3.05. The molecule has 4 heteroatoms. The highest BCUT2D eigenvalue weighted by atomic mass is 16.5. The number of aromatic nitrogens is 2. The first-order valence-corrected chi connectivity index (χ1v) is 7.12. The van der Waals surface area contributed by atoms with Crippen LogP contribution in [0, 0.1) is 0 Å². The van der Waals surface area contributed by atoms with Gasteiger partial charge in [0, 0.05) is 24.7 Å². The number of hydrogen-bond acceptors (Lipinski definition) is 3. The second-order valence-electron chi connectivity index (χ2n) is 5.71. The van der Waals surface area contributed by atoms with Crippen LogP contribution in [0.5, 0.6) is 0 Å². The van der Waals surface area contributed by atoms with Crippen LogP contribution < -0.4 is 5.73 Å². The molecule has 106 valence electrons. The summed E-state index contributed by atoms with van der Waals surface area (Å²) >= 11 is 0. The van der Waals surface area contributed by atoms with Crippen molar-refractivity contribution in [3.63, 3.8) is 0 Å². The second kappa shape index (κ2) is 5.38. The molecule has 1 unspecified atom stereocenters. The third-order valence-corrected chi connectivity index (χ3v) is 3.80. The number of benzene rings is 1. The monoisotopic (exact) mass is 271 g/mol. The number of nitrogens with two attached hydrogens (primary N) is 1. The smallest absolute Gasteiger partial charge is 0.0725 e. The number of rotatable bonds is 4. The first-order valence-electron chi connectivity index (χ1n) is 7.12. The van der Waals surface area contributed by atoms with Crippen molar-refractivity contribution in [2.75, 3.05) is 0 Å². The minimum Gasteiger partial charge on any atom is -0.372 e. The number of ether oxygens (including phenoxy) is 1. The van der Waals surface area contributed by atoms with Crippen molar-refractivity contribution < 1.29 is 4.74 Å². The highest BCUT2D eigenvalue weighted by Crippen LogP contribution is 2.24. The summed E-state index contributed by atoms with van der Waals surface area (Å²) in [7, 11) is 0. The normalized spacial score (nSPS) is 15.6. The summed E-state index contributed by atoms with van der Waals surface area (Å²) in [5.41, 5.74) is 11.1. The standard InChI is InChI=1S/C16H21N3O/c1-11(2)19-6-5-15(18-19)8-16(17)12-3-4-13-9-20-10-14(13)7-12/h3-7,11,16H,8-10,17H2,1-2H3. The zero-order chi connectivity index (χ0) is 14.1. The molecule has 0 amide bonds. The van der Waals surface area contributed by atoms with Crippen LogP contribution in [0.2, 0.25) is 0 Å². The van der Waals surface area contributed by atoms with Gasteiger partial charge in [-0.3, -0.25) is 4.68 Å². The minimum atomic E-state index is -0.0172. The van der Waals surface area contributed by atoms with Gasteiger partial charge in [0.05, 0.1) is 18.9 Å². The van der Waals surface area contributed by atoms with E-state index in [2.05, 4.69) is 43.2 Å². The zero-order valence-corrected chi connectivity index (χ0v) is 12.0. The van der Waals surface area contributed by atoms with Crippen LogP contribution in [0.4, 0.5) is 0 Å². The molecule has 2 aromatic rings. The summed E-state index contributed by atoms with van der Waals surface area (Å²) in [4.78, 5) is 0. The maximum absolute atomic E-state index is 6.32. The lowest BCUT2D eigenvalue weighted by molar-refractivity contribution is 0.134. The molecule has 3 rings (SSSR count). The van der Waals surface area contributed by atoms with Gasteiger partial charge < -0.3 is 10.5 Å². The predicted molar refractivity (Wildman–Crippen MR) is 78.2 cm³/mol. The summed E-state index contributed by atoms with van der Waals surface area (Å²) in [6.45, 7) is 5.68. The summed E-state index contributed by atoms with van der Waals surface area (Å²) in [5, 5.41) is 4.56. The minimum absolute atomic E-state index is 0.0172. The fourth-order valence-corrected chi connectivity index (χ4v) is 2.54. The molecule has 0 aliphatic carbocycles. The van der Waals surface area contributed by atoms with E-state index < -0.39 is 0 Å². The molecular formula is C16H21N3O. The molecule has 0 spiro atoms. The van der Waals surface area contributed by atoms with E-state index in [-0.39, 0.29) is 6.04 Å². The van der Waals surface area contributed by atoms with E-state index in [0.29, 0.717) is 12.6 Å². The maximum Gasteiger partial charge on any atom is 0.0725 e. The second-order valence-corrected chi connectivity index (χ2v) is 5.71. The van der Waals surface area contributed by atoms with E-state index in [4.69, 9.17) is 10.5 Å². The summed E-state index contributed by atoms with van der Waals surface area (Å²) < 4.78 is 7.41. The van der Waals surface area contributed by atoms with Crippen LogP contribution in [0.1, 0.15) is 48.3 Å². The Morgan fingerprint density at radius 1 is 1.25 bits per heavy atom. The Hall–Kier alpha value is -1.65. The quantitative estimate of drug-likeness (QED) is 0.930. The molecule has 1 aromatic carbocycles. The number of hydrogen-bond donors (Lipinski definition) is 1. The molecule has 1 atom stereocenters. The fraction of sp³-hybridized carbons (Fsp3) is 0.438. The Balaban J connectivity index is 1.73. The van der Waals surface area contributed by atoms with E-state index in [1.54, 1.807) is 0 Å². The maximum atomic E-state index is 6.32. The Morgan fingerprint density at radius 2 is 2.05 bits per heavy atom. The third kappa shape index (κ3) is 2.62. The van der Waals surface area contributed by atoms with Gasteiger partial charge in [-0.25, -0.2) is 0 Å². The summed E-state index contributed by atoms with van der Waals surface area (Å²) in [6, 6.07) is 8.83. The van der Waals surface area contributed by atoms with Gasteiger partial charge in [0.15, 0.2) is 0 Å². The molecule has 0 saturated carbocycles. The molecule has 0 radical (unpaired) electrons. The lowest BCUT2D eigenvalue weighted by atomic mass is 9.99. The topological polar surface area (TPSA) is 53.1 Å². The largest absolute Gasteiger partial charge is 0.372 e. The number of nitrogens with zero attached hydrogens (tertiary/aromatic N) is 2. The molecule has 1 aliphatic rings. The van der Waals surface area contributed by atoms with Crippen molar-refractivity contribution >= 4 is 0 Å².